The van der Waals surface area contributed by atoms with Gasteiger partial charge in [0.1, 0.15) is 6.61 Å². The maximum Gasteiger partial charge on any atom is 0.161 e. The van der Waals surface area contributed by atoms with Crippen molar-refractivity contribution in [1.29, 1.82) is 0 Å². The number of benzene rings is 1. The monoisotopic (exact) mass is 244 g/mol. The first-order valence-corrected chi connectivity index (χ1v) is 5.74. The summed E-state index contributed by atoms with van der Waals surface area (Å²) in [6.45, 7) is 0.830. The number of nitrogens with zero attached hydrogens (tertiary/aromatic N) is 1. The third-order valence-corrected chi connectivity index (χ3v) is 2.52. The van der Waals surface area contributed by atoms with Gasteiger partial charge in [0.15, 0.2) is 11.5 Å². The Morgan fingerprint density at radius 2 is 1.72 bits per heavy atom. The largest absolute Gasteiger partial charge is 0.493 e. The van der Waals surface area contributed by atoms with Gasteiger partial charge in [-0.25, -0.2) is 0 Å². The van der Waals surface area contributed by atoms with E-state index < -0.39 is 0 Å². The molecule has 0 aliphatic rings. The van der Waals surface area contributed by atoms with Crippen LogP contribution in [0.3, 0.4) is 0 Å². The van der Waals surface area contributed by atoms with Gasteiger partial charge in [-0.2, -0.15) is 0 Å². The van der Waals surface area contributed by atoms with Crippen LogP contribution in [0.15, 0.2) is 42.5 Å². The van der Waals surface area contributed by atoms with E-state index in [-0.39, 0.29) is 0 Å². The molecule has 4 nitrogen and oxygen atoms in total. The van der Waals surface area contributed by atoms with E-state index in [2.05, 4.69) is 4.98 Å². The van der Waals surface area contributed by atoms with Gasteiger partial charge in [0.2, 0.25) is 0 Å². The SMILES string of the molecule is COc1ccccc1OCc1cccc(CN)n1. The van der Waals surface area contributed by atoms with Crippen molar-refractivity contribution in [1.82, 2.24) is 4.98 Å². The molecule has 1 aromatic heterocycles. The second kappa shape index (κ2) is 6.02. The Labute approximate surface area is 106 Å². The second-order valence-corrected chi connectivity index (χ2v) is 3.76. The third-order valence-electron chi connectivity index (χ3n) is 2.52. The van der Waals surface area contributed by atoms with Crippen LogP contribution in [-0.4, -0.2) is 12.1 Å². The number of nitrogens with two attached hydrogens (primary N) is 1. The maximum atomic E-state index is 5.69. The van der Waals surface area contributed by atoms with Crippen molar-refractivity contribution in [2.75, 3.05) is 7.11 Å². The van der Waals surface area contributed by atoms with Crippen molar-refractivity contribution in [2.24, 2.45) is 5.73 Å². The highest BCUT2D eigenvalue weighted by Gasteiger charge is 2.03. The van der Waals surface area contributed by atoms with Crippen LogP contribution in [0, 0.1) is 0 Å². The molecule has 1 heterocycles. The highest BCUT2D eigenvalue weighted by molar-refractivity contribution is 5.39. The fourth-order valence-corrected chi connectivity index (χ4v) is 1.61. The first kappa shape index (κ1) is 12.4. The van der Waals surface area contributed by atoms with Crippen molar-refractivity contribution in [3.63, 3.8) is 0 Å². The van der Waals surface area contributed by atoms with E-state index in [0.717, 1.165) is 11.4 Å². The molecule has 0 spiro atoms. The number of pyridine rings is 1. The lowest BCUT2D eigenvalue weighted by molar-refractivity contribution is 0.280. The van der Waals surface area contributed by atoms with Gasteiger partial charge in [0.25, 0.3) is 0 Å². The molecule has 0 fully saturated rings. The predicted octanol–water partition coefficient (Wildman–Crippen LogP) is 2.13. The number of hydrogen-bond donors (Lipinski definition) is 1. The van der Waals surface area contributed by atoms with E-state index in [0.29, 0.717) is 24.7 Å². The Balaban J connectivity index is 2.06. The van der Waals surface area contributed by atoms with Crippen LogP contribution in [-0.2, 0) is 13.2 Å². The van der Waals surface area contributed by atoms with Crippen LogP contribution < -0.4 is 15.2 Å². The minimum Gasteiger partial charge on any atom is -0.493 e. The molecule has 1 aromatic carbocycles. The molecule has 0 unspecified atom stereocenters. The van der Waals surface area contributed by atoms with Gasteiger partial charge in [0.05, 0.1) is 18.5 Å². The molecule has 0 amide bonds. The Morgan fingerprint density at radius 3 is 2.44 bits per heavy atom. The molecule has 0 radical (unpaired) electrons. The molecular weight excluding hydrogens is 228 g/mol. The normalized spacial score (nSPS) is 10.1. The van der Waals surface area contributed by atoms with Crippen LogP contribution in [0.2, 0.25) is 0 Å². The highest BCUT2D eigenvalue weighted by Crippen LogP contribution is 2.26. The lowest BCUT2D eigenvalue weighted by atomic mass is 10.3. The van der Waals surface area contributed by atoms with Crippen molar-refractivity contribution >= 4 is 0 Å². The fourth-order valence-electron chi connectivity index (χ4n) is 1.61. The Hall–Kier alpha value is -2.07. The van der Waals surface area contributed by atoms with Crippen molar-refractivity contribution < 1.29 is 9.47 Å². The molecule has 2 aromatic rings. The summed E-state index contributed by atoms with van der Waals surface area (Å²) in [6.07, 6.45) is 0. The molecule has 0 aliphatic heterocycles. The standard InChI is InChI=1S/C14H16N2O2/c1-17-13-7-2-3-8-14(13)18-10-12-6-4-5-11(9-15)16-12/h2-8H,9-10,15H2,1H3. The minimum atomic E-state index is 0.397. The summed E-state index contributed by atoms with van der Waals surface area (Å²) in [5.74, 6) is 1.42. The number of ether oxygens (including phenoxy) is 2. The fraction of sp³-hybridized carbons (Fsp3) is 0.214. The van der Waals surface area contributed by atoms with Gasteiger partial charge in [-0.05, 0) is 24.3 Å². The van der Waals surface area contributed by atoms with Gasteiger partial charge >= 0.3 is 0 Å². The van der Waals surface area contributed by atoms with Gasteiger partial charge in [0, 0.05) is 6.54 Å². The molecule has 18 heavy (non-hydrogen) atoms. The quantitative estimate of drug-likeness (QED) is 0.875. The van der Waals surface area contributed by atoms with Gasteiger partial charge in [-0.15, -0.1) is 0 Å². The zero-order valence-electron chi connectivity index (χ0n) is 10.3. The van der Waals surface area contributed by atoms with E-state index >= 15 is 0 Å². The van der Waals surface area contributed by atoms with Gasteiger partial charge in [-0.3, -0.25) is 4.98 Å². The number of aromatic nitrogens is 1. The smallest absolute Gasteiger partial charge is 0.161 e. The van der Waals surface area contributed by atoms with Crippen molar-refractivity contribution in [3.8, 4) is 11.5 Å². The lowest BCUT2D eigenvalue weighted by Gasteiger charge is -2.10. The van der Waals surface area contributed by atoms with Crippen LogP contribution in [0.4, 0.5) is 0 Å². The van der Waals surface area contributed by atoms with Crippen LogP contribution in [0.1, 0.15) is 11.4 Å². The summed E-state index contributed by atoms with van der Waals surface area (Å²) in [7, 11) is 1.62. The summed E-state index contributed by atoms with van der Waals surface area (Å²) in [6, 6.07) is 13.3. The summed E-state index contributed by atoms with van der Waals surface area (Å²) >= 11 is 0. The average molecular weight is 244 g/mol. The maximum absolute atomic E-state index is 5.69. The number of methoxy groups -OCH3 is 1. The van der Waals surface area contributed by atoms with Gasteiger partial charge < -0.3 is 15.2 Å². The van der Waals surface area contributed by atoms with Crippen molar-refractivity contribution in [3.05, 3.63) is 53.9 Å². The average Bonchev–Trinajstić information content (AvgIpc) is 2.45. The molecule has 0 saturated heterocycles. The number of para-hydroxylation sites is 2. The molecule has 0 aliphatic carbocycles. The Bertz CT molecular complexity index is 515. The molecule has 2 N–H and O–H groups in total. The van der Waals surface area contributed by atoms with E-state index in [1.54, 1.807) is 7.11 Å². The zero-order chi connectivity index (χ0) is 12.8. The topological polar surface area (TPSA) is 57.4 Å². The number of hydrogen-bond acceptors (Lipinski definition) is 4. The van der Waals surface area contributed by atoms with E-state index in [4.69, 9.17) is 15.2 Å². The highest BCUT2D eigenvalue weighted by atomic mass is 16.5. The van der Waals surface area contributed by atoms with Gasteiger partial charge in [-0.1, -0.05) is 18.2 Å². The molecule has 4 heteroatoms. The summed E-state index contributed by atoms with van der Waals surface area (Å²) in [5.41, 5.74) is 7.26. The van der Waals surface area contributed by atoms with E-state index in [1.165, 1.54) is 0 Å². The van der Waals surface area contributed by atoms with Crippen LogP contribution in [0.25, 0.3) is 0 Å². The summed E-state index contributed by atoms with van der Waals surface area (Å²) in [5, 5.41) is 0. The summed E-state index contributed by atoms with van der Waals surface area (Å²) < 4.78 is 10.9. The number of rotatable bonds is 5. The molecule has 0 saturated carbocycles. The summed E-state index contributed by atoms with van der Waals surface area (Å²) in [4.78, 5) is 4.37. The van der Waals surface area contributed by atoms with Crippen LogP contribution >= 0.6 is 0 Å². The van der Waals surface area contributed by atoms with E-state index in [1.807, 2.05) is 42.5 Å². The molecule has 2 rings (SSSR count). The van der Waals surface area contributed by atoms with E-state index in [9.17, 15) is 0 Å². The Kier molecular flexibility index (Phi) is 4.15. The second-order valence-electron chi connectivity index (χ2n) is 3.76. The predicted molar refractivity (Wildman–Crippen MR) is 69.5 cm³/mol. The minimum absolute atomic E-state index is 0.397. The Morgan fingerprint density at radius 1 is 1.00 bits per heavy atom. The first-order valence-electron chi connectivity index (χ1n) is 5.74. The molecule has 94 valence electrons. The van der Waals surface area contributed by atoms with Crippen molar-refractivity contribution in [2.45, 2.75) is 13.2 Å². The molecular formula is C14H16N2O2. The molecule has 0 bridgehead atoms. The lowest BCUT2D eigenvalue weighted by Crippen LogP contribution is -2.04. The third kappa shape index (κ3) is 2.99. The van der Waals surface area contributed by atoms with Crippen LogP contribution in [0.5, 0.6) is 11.5 Å². The zero-order valence-corrected chi connectivity index (χ0v) is 10.3. The molecule has 0 atom stereocenters. The first-order chi connectivity index (χ1) is 8.83.